The molecule has 5 nitrogen and oxygen atoms in total. The van der Waals surface area contributed by atoms with Crippen molar-refractivity contribution in [2.45, 2.75) is 6.10 Å². The first kappa shape index (κ1) is 11.9. The Kier molecular flexibility index (Phi) is 4.05. The fourth-order valence-electron chi connectivity index (χ4n) is 1.05. The van der Waals surface area contributed by atoms with Gasteiger partial charge in [0.15, 0.2) is 6.10 Å². The highest BCUT2D eigenvalue weighted by molar-refractivity contribution is 9.10. The second-order valence-electron chi connectivity index (χ2n) is 2.68. The zero-order valence-electron chi connectivity index (χ0n) is 8.23. The molecule has 1 unspecified atom stereocenters. The molecular formula is C9H10BrNO4. The number of ether oxygens (including phenoxy) is 2. The molecule has 1 aromatic rings. The minimum absolute atomic E-state index is 0.191. The molecule has 0 amide bonds. The van der Waals surface area contributed by atoms with Crippen molar-refractivity contribution in [1.29, 1.82) is 0 Å². The lowest BCUT2D eigenvalue weighted by Crippen LogP contribution is -2.14. The Balaban J connectivity index is 3.10. The maximum absolute atomic E-state index is 11.1. The molecule has 0 aromatic carbocycles. The van der Waals surface area contributed by atoms with Crippen molar-refractivity contribution in [3.63, 3.8) is 0 Å². The third kappa shape index (κ3) is 2.66. The highest BCUT2D eigenvalue weighted by atomic mass is 79.9. The number of esters is 1. The third-order valence-corrected chi connectivity index (χ3v) is 2.19. The van der Waals surface area contributed by atoms with E-state index in [1.807, 2.05) is 0 Å². The fourth-order valence-corrected chi connectivity index (χ4v) is 1.40. The molecule has 1 N–H and O–H groups in total. The topological polar surface area (TPSA) is 68.7 Å². The molecule has 15 heavy (non-hydrogen) atoms. The molecule has 1 atom stereocenters. The first-order chi connectivity index (χ1) is 7.10. The lowest BCUT2D eigenvalue weighted by molar-refractivity contribution is -0.150. The number of carbonyl (C=O) groups is 1. The van der Waals surface area contributed by atoms with Gasteiger partial charge in [-0.1, -0.05) is 0 Å². The number of carbonyl (C=O) groups excluding carboxylic acids is 1. The Labute approximate surface area is 95.2 Å². The van der Waals surface area contributed by atoms with Gasteiger partial charge in [0, 0.05) is 10.7 Å². The largest absolute Gasteiger partial charge is 0.481 e. The Morgan fingerprint density at radius 3 is 2.80 bits per heavy atom. The smallest absolute Gasteiger partial charge is 0.339 e. The third-order valence-electron chi connectivity index (χ3n) is 1.76. The molecule has 0 aliphatic carbocycles. The van der Waals surface area contributed by atoms with E-state index in [1.165, 1.54) is 20.4 Å². The lowest BCUT2D eigenvalue weighted by Gasteiger charge is -2.11. The van der Waals surface area contributed by atoms with Crippen LogP contribution in [0.4, 0.5) is 0 Å². The highest BCUT2D eigenvalue weighted by Crippen LogP contribution is 2.26. The number of rotatable bonds is 3. The van der Waals surface area contributed by atoms with Gasteiger partial charge in [-0.05, 0) is 22.0 Å². The van der Waals surface area contributed by atoms with Gasteiger partial charge in [-0.3, -0.25) is 0 Å². The number of aromatic nitrogens is 1. The van der Waals surface area contributed by atoms with E-state index in [2.05, 4.69) is 25.7 Å². The van der Waals surface area contributed by atoms with Crippen LogP contribution in [0.2, 0.25) is 0 Å². The number of hydrogen-bond donors (Lipinski definition) is 1. The minimum Gasteiger partial charge on any atom is -0.481 e. The summed E-state index contributed by atoms with van der Waals surface area (Å²) < 4.78 is 9.97. The Morgan fingerprint density at radius 2 is 2.27 bits per heavy atom. The summed E-state index contributed by atoms with van der Waals surface area (Å²) >= 11 is 3.18. The van der Waals surface area contributed by atoms with Gasteiger partial charge in [0.25, 0.3) is 0 Å². The average molecular weight is 276 g/mol. The predicted octanol–water partition coefficient (Wildman–Crippen LogP) is 1.06. The first-order valence-corrected chi connectivity index (χ1v) is 4.84. The maximum atomic E-state index is 11.1. The van der Waals surface area contributed by atoms with Crippen LogP contribution >= 0.6 is 15.9 Å². The molecule has 0 aliphatic heterocycles. The monoisotopic (exact) mass is 275 g/mol. The molecular weight excluding hydrogens is 266 g/mol. The van der Waals surface area contributed by atoms with Crippen molar-refractivity contribution in [2.75, 3.05) is 14.2 Å². The number of aliphatic hydroxyl groups excluding tert-OH is 1. The Hall–Kier alpha value is -1.14. The van der Waals surface area contributed by atoms with Crippen LogP contribution in [-0.4, -0.2) is 30.3 Å². The van der Waals surface area contributed by atoms with Crippen LogP contribution in [0, 0.1) is 0 Å². The van der Waals surface area contributed by atoms with Crippen LogP contribution in [0.25, 0.3) is 0 Å². The molecule has 0 fully saturated rings. The van der Waals surface area contributed by atoms with Crippen LogP contribution in [0.3, 0.4) is 0 Å². The molecule has 0 spiro atoms. The second-order valence-corrected chi connectivity index (χ2v) is 3.59. The Bertz CT molecular complexity index is 369. The van der Waals surface area contributed by atoms with Gasteiger partial charge in [-0.2, -0.15) is 0 Å². The van der Waals surface area contributed by atoms with Crippen molar-refractivity contribution in [3.05, 3.63) is 22.3 Å². The van der Waals surface area contributed by atoms with Crippen molar-refractivity contribution >= 4 is 21.9 Å². The predicted molar refractivity (Wildman–Crippen MR) is 55.5 cm³/mol. The van der Waals surface area contributed by atoms with Crippen LogP contribution < -0.4 is 4.74 Å². The fraction of sp³-hybridized carbons (Fsp3) is 0.333. The zero-order chi connectivity index (χ0) is 11.4. The summed E-state index contributed by atoms with van der Waals surface area (Å²) in [7, 11) is 2.60. The van der Waals surface area contributed by atoms with Crippen LogP contribution in [-0.2, 0) is 9.53 Å². The summed E-state index contributed by atoms with van der Waals surface area (Å²) in [6.07, 6.45) is 0.113. The number of hydrogen-bond acceptors (Lipinski definition) is 5. The number of aliphatic hydroxyl groups is 1. The molecule has 0 bridgehead atoms. The summed E-state index contributed by atoms with van der Waals surface area (Å²) in [5.41, 5.74) is 0.263. The summed E-state index contributed by atoms with van der Waals surface area (Å²) in [5.74, 6) is -0.565. The van der Waals surface area contributed by atoms with Gasteiger partial charge >= 0.3 is 5.97 Å². The number of pyridine rings is 1. The first-order valence-electron chi connectivity index (χ1n) is 4.05. The Morgan fingerprint density at radius 1 is 1.60 bits per heavy atom. The highest BCUT2D eigenvalue weighted by Gasteiger charge is 2.22. The van der Waals surface area contributed by atoms with Crippen LogP contribution in [0.1, 0.15) is 11.7 Å². The summed E-state index contributed by atoms with van der Waals surface area (Å²) in [5, 5.41) is 9.61. The van der Waals surface area contributed by atoms with Gasteiger partial charge in [0.1, 0.15) is 0 Å². The van der Waals surface area contributed by atoms with Crippen LogP contribution in [0.15, 0.2) is 16.7 Å². The van der Waals surface area contributed by atoms with Crippen LogP contribution in [0.5, 0.6) is 5.88 Å². The second kappa shape index (κ2) is 5.09. The van der Waals surface area contributed by atoms with Gasteiger partial charge in [0.2, 0.25) is 5.88 Å². The minimum atomic E-state index is -1.39. The molecule has 0 saturated heterocycles. The number of halogens is 1. The van der Waals surface area contributed by atoms with E-state index < -0.39 is 12.1 Å². The van der Waals surface area contributed by atoms with Crippen molar-refractivity contribution < 1.29 is 19.4 Å². The quantitative estimate of drug-likeness (QED) is 0.836. The summed E-state index contributed by atoms with van der Waals surface area (Å²) in [6, 6.07) is 1.55. The van der Waals surface area contributed by atoms with Gasteiger partial charge in [-0.15, -0.1) is 0 Å². The molecule has 0 radical (unpaired) electrons. The van der Waals surface area contributed by atoms with Crippen molar-refractivity contribution in [3.8, 4) is 5.88 Å². The van der Waals surface area contributed by atoms with E-state index in [-0.39, 0.29) is 11.4 Å². The van der Waals surface area contributed by atoms with Crippen molar-refractivity contribution in [2.24, 2.45) is 0 Å². The summed E-state index contributed by atoms with van der Waals surface area (Å²) in [6.45, 7) is 0. The zero-order valence-corrected chi connectivity index (χ0v) is 9.82. The van der Waals surface area contributed by atoms with E-state index in [0.717, 1.165) is 0 Å². The van der Waals surface area contributed by atoms with E-state index in [0.29, 0.717) is 4.47 Å². The number of methoxy groups -OCH3 is 2. The maximum Gasteiger partial charge on any atom is 0.339 e. The molecule has 1 aromatic heterocycles. The molecule has 6 heteroatoms. The van der Waals surface area contributed by atoms with E-state index >= 15 is 0 Å². The lowest BCUT2D eigenvalue weighted by atomic mass is 10.1. The average Bonchev–Trinajstić information content (AvgIpc) is 2.27. The molecule has 1 heterocycles. The van der Waals surface area contributed by atoms with E-state index in [4.69, 9.17) is 4.74 Å². The molecule has 82 valence electrons. The van der Waals surface area contributed by atoms with E-state index in [9.17, 15) is 9.90 Å². The summed E-state index contributed by atoms with van der Waals surface area (Å²) in [4.78, 5) is 15.0. The molecule has 1 rings (SSSR count). The number of nitrogens with zero attached hydrogens (tertiary/aromatic N) is 1. The molecule has 0 aliphatic rings. The van der Waals surface area contributed by atoms with Gasteiger partial charge in [0.05, 0.1) is 19.8 Å². The van der Waals surface area contributed by atoms with Crippen molar-refractivity contribution in [1.82, 2.24) is 4.98 Å². The standard InChI is InChI=1S/C9H10BrNO4/c1-14-8-6(3-5(10)4-11-8)7(12)9(13)15-2/h3-4,7,12H,1-2H3. The van der Waals surface area contributed by atoms with Gasteiger partial charge < -0.3 is 14.6 Å². The normalized spacial score (nSPS) is 12.0. The molecule has 0 saturated carbocycles. The van der Waals surface area contributed by atoms with Gasteiger partial charge in [-0.25, -0.2) is 9.78 Å². The van der Waals surface area contributed by atoms with E-state index in [1.54, 1.807) is 6.07 Å². The SMILES string of the molecule is COC(=O)C(O)c1cc(Br)cnc1OC.